The second-order valence-corrected chi connectivity index (χ2v) is 7.92. The predicted molar refractivity (Wildman–Crippen MR) is 118 cm³/mol. The van der Waals surface area contributed by atoms with E-state index >= 15 is 0 Å². The Hall–Kier alpha value is -2.31. The lowest BCUT2D eigenvalue weighted by Gasteiger charge is -2.23. The number of likely N-dealkylation sites (tertiary alicyclic amines) is 1. The van der Waals surface area contributed by atoms with Crippen molar-refractivity contribution in [1.82, 2.24) is 19.3 Å². The molecule has 2 heterocycles. The summed E-state index contributed by atoms with van der Waals surface area (Å²) in [5.41, 5.74) is 2.38. The minimum Gasteiger partial charge on any atom is -0.347 e. The summed E-state index contributed by atoms with van der Waals surface area (Å²) >= 11 is 6.03. The van der Waals surface area contributed by atoms with E-state index in [1.165, 1.54) is 12.1 Å². The van der Waals surface area contributed by atoms with Crippen LogP contribution in [0.25, 0.3) is 5.69 Å². The van der Waals surface area contributed by atoms with Crippen LogP contribution in [0.5, 0.6) is 0 Å². The first-order valence-corrected chi connectivity index (χ1v) is 9.95. The van der Waals surface area contributed by atoms with Crippen molar-refractivity contribution in [3.8, 4) is 5.69 Å². The summed E-state index contributed by atoms with van der Waals surface area (Å²) in [6, 6.07) is 12.5. The van der Waals surface area contributed by atoms with E-state index in [2.05, 4.69) is 38.0 Å². The number of hydrogen-bond acceptors (Lipinski definition) is 3. The molecule has 7 heteroatoms. The first kappa shape index (κ1) is 20.4. The minimum absolute atomic E-state index is 0.308. The molecule has 2 aromatic rings. The second-order valence-electron chi connectivity index (χ2n) is 7.48. The number of nitrogens with zero attached hydrogens (tertiary/aromatic N) is 6. The van der Waals surface area contributed by atoms with Crippen molar-refractivity contribution in [2.75, 3.05) is 34.7 Å². The van der Waals surface area contributed by atoms with Crippen molar-refractivity contribution in [3.05, 3.63) is 53.3 Å². The number of halogens is 1. The molecule has 3 rings (SSSR count). The molecule has 0 saturated carbocycles. The van der Waals surface area contributed by atoms with E-state index in [1.807, 2.05) is 68.5 Å². The molecule has 1 aromatic carbocycles. The number of rotatable bonds is 5. The van der Waals surface area contributed by atoms with Crippen LogP contribution in [0.15, 0.2) is 52.8 Å². The zero-order chi connectivity index (χ0) is 20.1. The number of guanidine groups is 1. The van der Waals surface area contributed by atoms with Gasteiger partial charge in [0.15, 0.2) is 0 Å². The summed E-state index contributed by atoms with van der Waals surface area (Å²) in [6.45, 7) is 1.95. The summed E-state index contributed by atoms with van der Waals surface area (Å²) in [4.78, 5) is 6.39. The molecule has 0 aliphatic carbocycles. The molecule has 1 aliphatic heterocycles. The maximum atomic E-state index is 6.03. The molecule has 0 radical (unpaired) electrons. The summed E-state index contributed by atoms with van der Waals surface area (Å²) in [5.74, 6) is 0.831. The monoisotopic (exact) mass is 400 g/mol. The van der Waals surface area contributed by atoms with Crippen LogP contribution in [0.3, 0.4) is 0 Å². The Labute approximate surface area is 172 Å². The van der Waals surface area contributed by atoms with E-state index in [-0.39, 0.29) is 0 Å². The lowest BCUT2D eigenvalue weighted by Crippen LogP contribution is -2.35. The molecule has 1 aromatic heterocycles. The fourth-order valence-corrected chi connectivity index (χ4v) is 3.69. The number of aromatic nitrogens is 1. The molecule has 1 unspecified atom stereocenters. The minimum atomic E-state index is 0.308. The van der Waals surface area contributed by atoms with Crippen LogP contribution in [-0.4, -0.2) is 72.2 Å². The molecule has 0 bridgehead atoms. The fourth-order valence-electron chi connectivity index (χ4n) is 3.56. The molecule has 0 spiro atoms. The van der Waals surface area contributed by atoms with Crippen LogP contribution in [-0.2, 0) is 6.54 Å². The Balaban J connectivity index is 1.71. The van der Waals surface area contributed by atoms with Crippen molar-refractivity contribution in [3.63, 3.8) is 0 Å². The van der Waals surface area contributed by atoms with Gasteiger partial charge in [0.05, 0.1) is 0 Å². The van der Waals surface area contributed by atoms with Crippen LogP contribution in [0.1, 0.15) is 18.5 Å². The van der Waals surface area contributed by atoms with Crippen LogP contribution < -0.4 is 0 Å². The molecule has 0 amide bonds. The highest BCUT2D eigenvalue weighted by Crippen LogP contribution is 2.22. The SMILES string of the molecule is CN(C)C(=N/N=C/C1CCCN1Cc1cccn1-c1ccc(Cl)cc1)N(C)C. The topological polar surface area (TPSA) is 39.4 Å². The molecule has 1 aliphatic rings. The Morgan fingerprint density at radius 2 is 1.86 bits per heavy atom. The smallest absolute Gasteiger partial charge is 0.220 e. The van der Waals surface area contributed by atoms with Crippen molar-refractivity contribution < 1.29 is 0 Å². The third kappa shape index (κ3) is 4.94. The van der Waals surface area contributed by atoms with Gasteiger partial charge in [-0.15, -0.1) is 5.10 Å². The van der Waals surface area contributed by atoms with Gasteiger partial charge in [-0.25, -0.2) is 0 Å². The van der Waals surface area contributed by atoms with Gasteiger partial charge in [0, 0.05) is 69.6 Å². The number of benzene rings is 1. The molecule has 1 saturated heterocycles. The third-order valence-electron chi connectivity index (χ3n) is 4.90. The average molecular weight is 401 g/mol. The van der Waals surface area contributed by atoms with Gasteiger partial charge in [-0.3, -0.25) is 4.90 Å². The Bertz CT molecular complexity index is 812. The summed E-state index contributed by atoms with van der Waals surface area (Å²) in [5, 5.41) is 9.52. The maximum absolute atomic E-state index is 6.03. The molecular weight excluding hydrogens is 372 g/mol. The van der Waals surface area contributed by atoms with E-state index < -0.39 is 0 Å². The van der Waals surface area contributed by atoms with Gasteiger partial charge in [0.1, 0.15) is 0 Å². The van der Waals surface area contributed by atoms with Crippen LogP contribution >= 0.6 is 11.6 Å². The first-order chi connectivity index (χ1) is 13.5. The van der Waals surface area contributed by atoms with Gasteiger partial charge < -0.3 is 14.4 Å². The average Bonchev–Trinajstić information content (AvgIpc) is 3.29. The Morgan fingerprint density at radius 1 is 1.14 bits per heavy atom. The lowest BCUT2D eigenvalue weighted by molar-refractivity contribution is 0.292. The van der Waals surface area contributed by atoms with Crippen molar-refractivity contribution in [2.24, 2.45) is 10.2 Å². The van der Waals surface area contributed by atoms with Gasteiger partial charge in [0.25, 0.3) is 0 Å². The standard InChI is InChI=1S/C21H29ClN6/c1-25(2)21(26(3)4)24-23-15-19-7-5-13-27(19)16-20-8-6-14-28(20)18-11-9-17(22)10-12-18/h6,8-12,14-15,19H,5,7,13,16H2,1-4H3/b23-15+. The number of hydrogen-bond donors (Lipinski definition) is 0. The van der Waals surface area contributed by atoms with Gasteiger partial charge >= 0.3 is 0 Å². The van der Waals surface area contributed by atoms with E-state index in [9.17, 15) is 0 Å². The third-order valence-corrected chi connectivity index (χ3v) is 5.16. The Morgan fingerprint density at radius 3 is 2.54 bits per heavy atom. The van der Waals surface area contributed by atoms with Gasteiger partial charge in [-0.1, -0.05) is 11.6 Å². The van der Waals surface area contributed by atoms with Crippen LogP contribution in [0, 0.1) is 0 Å². The molecule has 6 nitrogen and oxygen atoms in total. The highest BCUT2D eigenvalue weighted by molar-refractivity contribution is 6.30. The molecule has 28 heavy (non-hydrogen) atoms. The molecular formula is C21H29ClN6. The van der Waals surface area contributed by atoms with Gasteiger partial charge in [-0.2, -0.15) is 5.10 Å². The van der Waals surface area contributed by atoms with Gasteiger partial charge in [0.2, 0.25) is 5.96 Å². The lowest BCUT2D eigenvalue weighted by atomic mass is 10.2. The van der Waals surface area contributed by atoms with Crippen molar-refractivity contribution >= 4 is 23.8 Å². The maximum Gasteiger partial charge on any atom is 0.220 e. The van der Waals surface area contributed by atoms with E-state index in [0.29, 0.717) is 6.04 Å². The second kappa shape index (κ2) is 9.26. The first-order valence-electron chi connectivity index (χ1n) is 9.57. The van der Waals surface area contributed by atoms with E-state index in [0.717, 1.165) is 36.2 Å². The van der Waals surface area contributed by atoms with Crippen LogP contribution in [0.4, 0.5) is 0 Å². The highest BCUT2D eigenvalue weighted by atomic mass is 35.5. The van der Waals surface area contributed by atoms with E-state index in [4.69, 9.17) is 11.6 Å². The van der Waals surface area contributed by atoms with Gasteiger partial charge in [-0.05, 0) is 55.8 Å². The van der Waals surface area contributed by atoms with E-state index in [1.54, 1.807) is 0 Å². The normalized spacial score (nSPS) is 17.2. The predicted octanol–water partition coefficient (Wildman–Crippen LogP) is 3.56. The zero-order valence-electron chi connectivity index (χ0n) is 17.1. The zero-order valence-corrected chi connectivity index (χ0v) is 17.8. The fraction of sp³-hybridized carbons (Fsp3) is 0.429. The highest BCUT2D eigenvalue weighted by Gasteiger charge is 2.24. The molecule has 150 valence electrons. The molecule has 1 fully saturated rings. The van der Waals surface area contributed by atoms with Crippen molar-refractivity contribution in [2.45, 2.75) is 25.4 Å². The largest absolute Gasteiger partial charge is 0.347 e. The van der Waals surface area contributed by atoms with Crippen LogP contribution in [0.2, 0.25) is 5.02 Å². The molecule has 1 atom stereocenters. The van der Waals surface area contributed by atoms with Crippen molar-refractivity contribution in [1.29, 1.82) is 0 Å². The molecule has 0 N–H and O–H groups in total. The quantitative estimate of drug-likeness (QED) is 0.437. The summed E-state index contributed by atoms with van der Waals surface area (Å²) in [6.07, 6.45) is 6.37. The summed E-state index contributed by atoms with van der Waals surface area (Å²) < 4.78 is 2.22. The Kier molecular flexibility index (Phi) is 6.75. The summed E-state index contributed by atoms with van der Waals surface area (Å²) in [7, 11) is 7.89.